The van der Waals surface area contributed by atoms with Gasteiger partial charge in [-0.2, -0.15) is 0 Å². The van der Waals surface area contributed by atoms with Crippen molar-refractivity contribution in [3.63, 3.8) is 0 Å². The molecule has 0 aliphatic carbocycles. The number of methoxy groups -OCH3 is 1. The minimum absolute atomic E-state index is 0.226. The van der Waals surface area contributed by atoms with Crippen molar-refractivity contribution in [3.05, 3.63) is 29.3 Å². The summed E-state index contributed by atoms with van der Waals surface area (Å²) in [6.07, 6.45) is 1.46. The van der Waals surface area contributed by atoms with Gasteiger partial charge < -0.3 is 14.8 Å². The number of benzene rings is 1. The maximum atomic E-state index is 11.9. The van der Waals surface area contributed by atoms with E-state index in [2.05, 4.69) is 5.32 Å². The first-order chi connectivity index (χ1) is 9.94. The molecule has 0 saturated heterocycles. The van der Waals surface area contributed by atoms with Crippen molar-refractivity contribution in [3.8, 4) is 5.75 Å². The molecule has 21 heavy (non-hydrogen) atoms. The van der Waals surface area contributed by atoms with Gasteiger partial charge in [0.1, 0.15) is 11.3 Å². The van der Waals surface area contributed by atoms with Crippen LogP contribution in [0.5, 0.6) is 5.75 Å². The molecule has 1 aromatic carbocycles. The summed E-state index contributed by atoms with van der Waals surface area (Å²) in [6.45, 7) is 9.25. The highest BCUT2D eigenvalue weighted by atomic mass is 16.5. The van der Waals surface area contributed by atoms with Gasteiger partial charge in [0.25, 0.3) is 0 Å². The van der Waals surface area contributed by atoms with Crippen molar-refractivity contribution in [2.75, 3.05) is 20.3 Å². The van der Waals surface area contributed by atoms with E-state index < -0.39 is 5.54 Å². The highest BCUT2D eigenvalue weighted by Crippen LogP contribution is 2.23. The molecule has 0 aromatic heterocycles. The molecule has 0 aliphatic heterocycles. The minimum atomic E-state index is -0.645. The third-order valence-electron chi connectivity index (χ3n) is 3.68. The monoisotopic (exact) mass is 293 g/mol. The molecule has 4 nitrogen and oxygen atoms in total. The van der Waals surface area contributed by atoms with Crippen LogP contribution in [0.1, 0.15) is 37.8 Å². The van der Waals surface area contributed by atoms with Crippen LogP contribution >= 0.6 is 0 Å². The van der Waals surface area contributed by atoms with Gasteiger partial charge in [-0.15, -0.1) is 0 Å². The topological polar surface area (TPSA) is 47.6 Å². The van der Waals surface area contributed by atoms with Crippen molar-refractivity contribution < 1.29 is 14.3 Å². The molecule has 0 radical (unpaired) electrons. The number of likely N-dealkylation sites (N-methyl/N-ethyl adjacent to an activating group) is 1. The van der Waals surface area contributed by atoms with Crippen LogP contribution in [0.4, 0.5) is 0 Å². The molecule has 0 bridgehead atoms. The van der Waals surface area contributed by atoms with Gasteiger partial charge in [0, 0.05) is 0 Å². The minimum Gasteiger partial charge on any atom is -0.493 e. The lowest BCUT2D eigenvalue weighted by Crippen LogP contribution is -2.50. The largest absolute Gasteiger partial charge is 0.493 e. The van der Waals surface area contributed by atoms with Crippen molar-refractivity contribution in [1.29, 1.82) is 0 Å². The van der Waals surface area contributed by atoms with Crippen LogP contribution in [-0.4, -0.2) is 31.8 Å². The molecule has 4 heteroatoms. The van der Waals surface area contributed by atoms with E-state index in [4.69, 9.17) is 9.47 Å². The highest BCUT2D eigenvalue weighted by molar-refractivity contribution is 5.80. The third-order valence-corrected chi connectivity index (χ3v) is 3.68. The van der Waals surface area contributed by atoms with Crippen LogP contribution in [0.15, 0.2) is 18.2 Å². The number of aryl methyl sites for hydroxylation is 2. The number of carbonyl (C=O) groups excluding carboxylic acids is 1. The number of ether oxygens (including phenoxy) is 2. The summed E-state index contributed by atoms with van der Waals surface area (Å²) in [5.74, 6) is 0.720. The molecule has 1 rings (SSSR count). The fourth-order valence-electron chi connectivity index (χ4n) is 2.50. The summed E-state index contributed by atoms with van der Waals surface area (Å²) < 4.78 is 10.8. The molecule has 1 aromatic rings. The Morgan fingerprint density at radius 3 is 2.43 bits per heavy atom. The summed E-state index contributed by atoms with van der Waals surface area (Å²) in [5, 5.41) is 3.20. The summed E-state index contributed by atoms with van der Waals surface area (Å²) in [5.41, 5.74) is 1.63. The number of rotatable bonds is 8. The van der Waals surface area contributed by atoms with Crippen LogP contribution in [0, 0.1) is 13.8 Å². The van der Waals surface area contributed by atoms with E-state index in [-0.39, 0.29) is 5.97 Å². The second-order valence-electron chi connectivity index (χ2n) is 5.53. The number of hydrogen-bond acceptors (Lipinski definition) is 4. The zero-order valence-corrected chi connectivity index (χ0v) is 13.8. The predicted molar refractivity (Wildman–Crippen MR) is 84.7 cm³/mol. The maximum Gasteiger partial charge on any atom is 0.325 e. The van der Waals surface area contributed by atoms with Crippen LogP contribution in [0.3, 0.4) is 0 Å². The Labute approximate surface area is 127 Å². The Kier molecular flexibility index (Phi) is 6.69. The molecule has 0 spiro atoms. The van der Waals surface area contributed by atoms with Gasteiger partial charge in [-0.1, -0.05) is 25.1 Å². The molecule has 0 heterocycles. The van der Waals surface area contributed by atoms with E-state index in [0.717, 1.165) is 29.8 Å². The molecule has 0 amide bonds. The van der Waals surface area contributed by atoms with Crippen LogP contribution < -0.4 is 10.1 Å². The summed E-state index contributed by atoms with van der Waals surface area (Å²) in [4.78, 5) is 11.9. The van der Waals surface area contributed by atoms with E-state index >= 15 is 0 Å². The normalized spacial score (nSPS) is 13.6. The van der Waals surface area contributed by atoms with Crippen molar-refractivity contribution in [2.45, 2.75) is 46.1 Å². The van der Waals surface area contributed by atoms with Crippen LogP contribution in [0.2, 0.25) is 0 Å². The first-order valence-electron chi connectivity index (χ1n) is 7.47. The summed E-state index contributed by atoms with van der Waals surface area (Å²) >= 11 is 0. The first kappa shape index (κ1) is 17.5. The molecule has 0 aliphatic rings. The quantitative estimate of drug-likeness (QED) is 0.591. The number of nitrogens with one attached hydrogen (secondary N) is 1. The smallest absolute Gasteiger partial charge is 0.325 e. The third kappa shape index (κ3) is 4.74. The first-order valence-corrected chi connectivity index (χ1v) is 7.47. The van der Waals surface area contributed by atoms with Gasteiger partial charge in [0.05, 0.1) is 13.7 Å². The molecular formula is C17H27NO3. The lowest BCUT2D eigenvalue weighted by Gasteiger charge is -2.27. The van der Waals surface area contributed by atoms with Crippen LogP contribution in [-0.2, 0) is 9.53 Å². The Morgan fingerprint density at radius 1 is 1.29 bits per heavy atom. The zero-order valence-electron chi connectivity index (χ0n) is 13.8. The predicted octanol–water partition coefficient (Wildman–Crippen LogP) is 3.00. The number of esters is 1. The molecule has 1 unspecified atom stereocenters. The number of hydrogen-bond donors (Lipinski definition) is 1. The second kappa shape index (κ2) is 8.03. The fourth-order valence-corrected chi connectivity index (χ4v) is 2.50. The van der Waals surface area contributed by atoms with E-state index in [1.54, 1.807) is 0 Å². The number of para-hydroxylation sites is 1. The van der Waals surface area contributed by atoms with Gasteiger partial charge in [-0.25, -0.2) is 0 Å². The SMILES string of the molecule is CCNC(C)(CCCOc1c(C)cccc1C)C(=O)OC. The molecule has 1 atom stereocenters. The van der Waals surface area contributed by atoms with E-state index in [0.29, 0.717) is 13.0 Å². The van der Waals surface area contributed by atoms with Gasteiger partial charge in [-0.05, 0) is 51.3 Å². The Morgan fingerprint density at radius 2 is 1.90 bits per heavy atom. The van der Waals surface area contributed by atoms with Crippen molar-refractivity contribution in [2.24, 2.45) is 0 Å². The van der Waals surface area contributed by atoms with Crippen LogP contribution in [0.25, 0.3) is 0 Å². The molecule has 118 valence electrons. The maximum absolute atomic E-state index is 11.9. The molecular weight excluding hydrogens is 266 g/mol. The van der Waals surface area contributed by atoms with E-state index in [1.807, 2.05) is 45.9 Å². The molecule has 1 N–H and O–H groups in total. The summed E-state index contributed by atoms with van der Waals surface area (Å²) in [7, 11) is 1.42. The van der Waals surface area contributed by atoms with Gasteiger partial charge in [0.2, 0.25) is 0 Å². The van der Waals surface area contributed by atoms with Gasteiger partial charge in [-0.3, -0.25) is 4.79 Å². The van der Waals surface area contributed by atoms with Crippen molar-refractivity contribution >= 4 is 5.97 Å². The van der Waals surface area contributed by atoms with Gasteiger partial charge >= 0.3 is 5.97 Å². The Hall–Kier alpha value is -1.55. The van der Waals surface area contributed by atoms with Gasteiger partial charge in [0.15, 0.2) is 0 Å². The average Bonchev–Trinajstić information content (AvgIpc) is 2.45. The molecule has 0 fully saturated rings. The van der Waals surface area contributed by atoms with E-state index in [1.165, 1.54) is 7.11 Å². The standard InChI is InChI=1S/C17H27NO3/c1-6-18-17(4,16(19)20-5)11-8-12-21-15-13(2)9-7-10-14(15)3/h7,9-10,18H,6,8,11-12H2,1-5H3. The lowest BCUT2D eigenvalue weighted by atomic mass is 9.96. The fraction of sp³-hybridized carbons (Fsp3) is 0.588. The van der Waals surface area contributed by atoms with E-state index in [9.17, 15) is 4.79 Å². The Balaban J connectivity index is 2.54. The second-order valence-corrected chi connectivity index (χ2v) is 5.53. The Bertz CT molecular complexity index is 453. The average molecular weight is 293 g/mol. The highest BCUT2D eigenvalue weighted by Gasteiger charge is 2.32. The zero-order chi connectivity index (χ0) is 15.9. The lowest BCUT2D eigenvalue weighted by molar-refractivity contribution is -0.148. The number of carbonyl (C=O) groups is 1. The molecule has 0 saturated carbocycles. The summed E-state index contributed by atoms with van der Waals surface area (Å²) in [6, 6.07) is 6.11. The van der Waals surface area contributed by atoms with Crippen molar-refractivity contribution in [1.82, 2.24) is 5.32 Å².